The summed E-state index contributed by atoms with van der Waals surface area (Å²) in [5, 5.41) is 9.94. The van der Waals surface area contributed by atoms with E-state index in [2.05, 4.69) is 4.98 Å². The summed E-state index contributed by atoms with van der Waals surface area (Å²) in [5.74, 6) is -0.615. The molecule has 2 heterocycles. The number of hydrogen-bond donors (Lipinski definition) is 1. The first-order valence-electron chi connectivity index (χ1n) is 6.36. The van der Waals surface area contributed by atoms with Crippen LogP contribution in [0.5, 0.6) is 0 Å². The summed E-state index contributed by atoms with van der Waals surface area (Å²) in [6.45, 7) is 0.396. The first-order chi connectivity index (χ1) is 9.66. The van der Waals surface area contributed by atoms with Crippen molar-refractivity contribution in [2.75, 3.05) is 11.4 Å². The van der Waals surface area contributed by atoms with E-state index in [9.17, 15) is 14.3 Å². The highest BCUT2D eigenvalue weighted by Crippen LogP contribution is 2.34. The molecule has 0 aliphatic carbocycles. The van der Waals surface area contributed by atoms with Crippen LogP contribution in [0.2, 0.25) is 0 Å². The monoisotopic (exact) mass is 272 g/mol. The smallest absolute Gasteiger partial charge is 0.259 e. The SMILES string of the molecule is O=C(c1cccnc1)N1CCC(O)c2cc(F)ccc21. The van der Waals surface area contributed by atoms with Gasteiger partial charge in [0.2, 0.25) is 0 Å². The number of aliphatic hydroxyl groups is 1. The molecule has 1 N–H and O–H groups in total. The van der Waals surface area contributed by atoms with E-state index in [-0.39, 0.29) is 5.91 Å². The molecule has 1 aromatic carbocycles. The molecule has 1 aromatic heterocycles. The van der Waals surface area contributed by atoms with Gasteiger partial charge in [-0.2, -0.15) is 0 Å². The van der Waals surface area contributed by atoms with Crippen molar-refractivity contribution in [1.29, 1.82) is 0 Å². The highest BCUT2D eigenvalue weighted by atomic mass is 19.1. The maximum absolute atomic E-state index is 13.3. The number of aliphatic hydroxyl groups excluding tert-OH is 1. The summed E-state index contributed by atoms with van der Waals surface area (Å²) in [6, 6.07) is 7.48. The lowest BCUT2D eigenvalue weighted by Gasteiger charge is -2.32. The third-order valence-corrected chi connectivity index (χ3v) is 3.42. The number of amides is 1. The maximum atomic E-state index is 13.3. The van der Waals surface area contributed by atoms with E-state index in [1.54, 1.807) is 23.2 Å². The van der Waals surface area contributed by atoms with Crippen LogP contribution in [0.3, 0.4) is 0 Å². The van der Waals surface area contributed by atoms with Crippen molar-refractivity contribution >= 4 is 11.6 Å². The molecule has 102 valence electrons. The van der Waals surface area contributed by atoms with Gasteiger partial charge < -0.3 is 10.0 Å². The zero-order chi connectivity index (χ0) is 14.1. The molecule has 0 bridgehead atoms. The van der Waals surface area contributed by atoms with Crippen molar-refractivity contribution in [3.05, 3.63) is 59.7 Å². The zero-order valence-electron chi connectivity index (χ0n) is 10.7. The number of pyridine rings is 1. The number of fused-ring (bicyclic) bond motifs is 1. The van der Waals surface area contributed by atoms with E-state index >= 15 is 0 Å². The number of anilines is 1. The van der Waals surface area contributed by atoms with Gasteiger partial charge in [0, 0.05) is 30.2 Å². The Bertz CT molecular complexity index is 646. The number of rotatable bonds is 1. The van der Waals surface area contributed by atoms with Gasteiger partial charge in [-0.1, -0.05) is 0 Å². The fourth-order valence-electron chi connectivity index (χ4n) is 2.42. The predicted octanol–water partition coefficient (Wildman–Crippen LogP) is 2.30. The number of nitrogens with zero attached hydrogens (tertiary/aromatic N) is 2. The normalized spacial score (nSPS) is 17.7. The number of carbonyl (C=O) groups is 1. The van der Waals surface area contributed by atoms with Gasteiger partial charge in [-0.25, -0.2) is 4.39 Å². The van der Waals surface area contributed by atoms with Gasteiger partial charge in [0.15, 0.2) is 0 Å². The Morgan fingerprint density at radius 3 is 3.00 bits per heavy atom. The molecule has 4 nitrogen and oxygen atoms in total. The van der Waals surface area contributed by atoms with Crippen LogP contribution in [0, 0.1) is 5.82 Å². The number of carbonyl (C=O) groups excluding carboxylic acids is 1. The highest BCUT2D eigenvalue weighted by Gasteiger charge is 2.28. The molecule has 1 unspecified atom stereocenters. The summed E-state index contributed by atoms with van der Waals surface area (Å²) in [5.41, 5.74) is 1.48. The first-order valence-corrected chi connectivity index (χ1v) is 6.36. The molecule has 0 fully saturated rings. The van der Waals surface area contributed by atoms with Crippen molar-refractivity contribution in [2.24, 2.45) is 0 Å². The third kappa shape index (κ3) is 2.16. The van der Waals surface area contributed by atoms with Crippen LogP contribution in [-0.2, 0) is 0 Å². The lowest BCUT2D eigenvalue weighted by Crippen LogP contribution is -2.36. The molecule has 2 aromatic rings. The molecule has 5 heteroatoms. The second-order valence-electron chi connectivity index (χ2n) is 4.71. The van der Waals surface area contributed by atoms with Gasteiger partial charge in [0.1, 0.15) is 5.82 Å². The quantitative estimate of drug-likeness (QED) is 0.866. The third-order valence-electron chi connectivity index (χ3n) is 3.42. The van der Waals surface area contributed by atoms with E-state index < -0.39 is 11.9 Å². The average Bonchev–Trinajstić information content (AvgIpc) is 2.48. The molecular formula is C15H13FN2O2. The molecule has 0 saturated heterocycles. The second-order valence-corrected chi connectivity index (χ2v) is 4.71. The standard InChI is InChI=1S/C15H13FN2O2/c16-11-3-4-13-12(8-11)14(19)5-7-18(13)15(20)10-2-1-6-17-9-10/h1-4,6,8-9,14,19H,5,7H2. The van der Waals surface area contributed by atoms with Crippen molar-refractivity contribution in [1.82, 2.24) is 4.98 Å². The van der Waals surface area contributed by atoms with Crippen molar-refractivity contribution in [3.63, 3.8) is 0 Å². The Morgan fingerprint density at radius 2 is 2.25 bits per heavy atom. The largest absolute Gasteiger partial charge is 0.388 e. The topological polar surface area (TPSA) is 53.4 Å². The number of benzene rings is 1. The summed E-state index contributed by atoms with van der Waals surface area (Å²) in [4.78, 5) is 17.9. The Kier molecular flexibility index (Phi) is 3.20. The van der Waals surface area contributed by atoms with Gasteiger partial charge >= 0.3 is 0 Å². The van der Waals surface area contributed by atoms with Gasteiger partial charge in [0.05, 0.1) is 11.7 Å². The van der Waals surface area contributed by atoms with Crippen LogP contribution >= 0.6 is 0 Å². The van der Waals surface area contributed by atoms with E-state index in [0.717, 1.165) is 0 Å². The Hall–Kier alpha value is -2.27. The molecule has 3 rings (SSSR count). The molecule has 1 aliphatic heterocycles. The number of aromatic nitrogens is 1. The van der Waals surface area contributed by atoms with Crippen LogP contribution in [0.15, 0.2) is 42.7 Å². The van der Waals surface area contributed by atoms with Crippen LogP contribution in [-0.4, -0.2) is 22.5 Å². The molecule has 0 saturated carbocycles. The van der Waals surface area contributed by atoms with Crippen molar-refractivity contribution in [3.8, 4) is 0 Å². The number of hydrogen-bond acceptors (Lipinski definition) is 3. The van der Waals surface area contributed by atoms with Gasteiger partial charge in [0.25, 0.3) is 5.91 Å². The fraction of sp³-hybridized carbons (Fsp3) is 0.200. The lowest BCUT2D eigenvalue weighted by molar-refractivity contribution is 0.0970. The minimum Gasteiger partial charge on any atom is -0.388 e. The summed E-state index contributed by atoms with van der Waals surface area (Å²) < 4.78 is 13.3. The van der Waals surface area contributed by atoms with Crippen molar-refractivity contribution < 1.29 is 14.3 Å². The van der Waals surface area contributed by atoms with E-state index in [4.69, 9.17) is 0 Å². The van der Waals surface area contributed by atoms with Gasteiger partial charge in [-0.15, -0.1) is 0 Å². The lowest BCUT2D eigenvalue weighted by atomic mass is 9.98. The summed E-state index contributed by atoms with van der Waals surface area (Å²) >= 11 is 0. The molecule has 1 aliphatic rings. The summed E-state index contributed by atoms with van der Waals surface area (Å²) in [7, 11) is 0. The minimum absolute atomic E-state index is 0.196. The molecule has 1 amide bonds. The Morgan fingerprint density at radius 1 is 1.40 bits per heavy atom. The maximum Gasteiger partial charge on any atom is 0.259 e. The zero-order valence-corrected chi connectivity index (χ0v) is 10.7. The Balaban J connectivity index is 2.01. The second kappa shape index (κ2) is 5.02. The molecule has 0 spiro atoms. The van der Waals surface area contributed by atoms with Crippen LogP contribution in [0.25, 0.3) is 0 Å². The van der Waals surface area contributed by atoms with Crippen LogP contribution < -0.4 is 4.90 Å². The molecule has 20 heavy (non-hydrogen) atoms. The molecular weight excluding hydrogens is 259 g/mol. The highest BCUT2D eigenvalue weighted by molar-refractivity contribution is 6.06. The number of halogens is 1. The Labute approximate surface area is 115 Å². The first kappa shape index (κ1) is 12.7. The van der Waals surface area contributed by atoms with Gasteiger partial charge in [-0.3, -0.25) is 9.78 Å². The van der Waals surface area contributed by atoms with Gasteiger partial charge in [-0.05, 0) is 36.8 Å². The van der Waals surface area contributed by atoms with Crippen LogP contribution in [0.4, 0.5) is 10.1 Å². The fourth-order valence-corrected chi connectivity index (χ4v) is 2.42. The molecule has 1 atom stereocenters. The average molecular weight is 272 g/mol. The van der Waals surface area contributed by atoms with Crippen molar-refractivity contribution in [2.45, 2.75) is 12.5 Å². The minimum atomic E-state index is -0.737. The predicted molar refractivity (Wildman–Crippen MR) is 71.9 cm³/mol. The van der Waals surface area contributed by atoms with Crippen LogP contribution in [0.1, 0.15) is 28.4 Å². The van der Waals surface area contributed by atoms with E-state index in [0.29, 0.717) is 29.8 Å². The van der Waals surface area contributed by atoms with E-state index in [1.165, 1.54) is 24.4 Å². The van der Waals surface area contributed by atoms with E-state index in [1.807, 2.05) is 0 Å². The molecule has 0 radical (unpaired) electrons. The summed E-state index contributed by atoms with van der Waals surface area (Å²) in [6.07, 6.45) is 2.75.